The fourth-order valence-electron chi connectivity index (χ4n) is 3.50. The molecule has 0 spiro atoms. The van der Waals surface area contributed by atoms with Crippen molar-refractivity contribution in [2.75, 3.05) is 33.3 Å². The number of esters is 1. The van der Waals surface area contributed by atoms with E-state index in [1.54, 1.807) is 6.07 Å². The van der Waals surface area contributed by atoms with Crippen LogP contribution in [0.1, 0.15) is 42.1 Å². The molecule has 0 aromatic heterocycles. The molecule has 25 heavy (non-hydrogen) atoms. The van der Waals surface area contributed by atoms with Gasteiger partial charge in [0.15, 0.2) is 0 Å². The highest BCUT2D eigenvalue weighted by atomic mass is 16.5. The number of rotatable bonds is 4. The number of carbonyl (C=O) groups is 2. The molecule has 6 nitrogen and oxygen atoms in total. The maximum Gasteiger partial charge on any atom is 0.337 e. The van der Waals surface area contributed by atoms with Crippen LogP contribution in [0, 0.1) is 0 Å². The molecule has 2 aliphatic heterocycles. The second kappa shape index (κ2) is 7.76. The summed E-state index contributed by atoms with van der Waals surface area (Å²) >= 11 is 0. The third kappa shape index (κ3) is 3.89. The topological polar surface area (TPSA) is 59.1 Å². The van der Waals surface area contributed by atoms with Gasteiger partial charge in [0.1, 0.15) is 11.9 Å². The fraction of sp³-hybridized carbons (Fsp3) is 0.579. The quantitative estimate of drug-likeness (QED) is 0.787. The Labute approximate surface area is 148 Å². The van der Waals surface area contributed by atoms with E-state index >= 15 is 0 Å². The zero-order chi connectivity index (χ0) is 17.8. The Morgan fingerprint density at radius 3 is 2.60 bits per heavy atom. The number of ether oxygens (including phenoxy) is 2. The predicted octanol–water partition coefficient (Wildman–Crippen LogP) is 2.70. The van der Waals surface area contributed by atoms with Crippen molar-refractivity contribution in [2.24, 2.45) is 0 Å². The lowest BCUT2D eigenvalue weighted by atomic mass is 10.1. The molecule has 1 unspecified atom stereocenters. The van der Waals surface area contributed by atoms with Gasteiger partial charge < -0.3 is 19.3 Å². The van der Waals surface area contributed by atoms with E-state index in [0.29, 0.717) is 12.1 Å². The number of carbonyl (C=O) groups excluding carboxylic acids is 2. The third-order valence-electron chi connectivity index (χ3n) is 4.95. The lowest BCUT2D eigenvalue weighted by Crippen LogP contribution is -2.41. The van der Waals surface area contributed by atoms with E-state index in [4.69, 9.17) is 9.47 Å². The Hall–Kier alpha value is -2.24. The summed E-state index contributed by atoms with van der Waals surface area (Å²) in [5.74, 6) is 0.445. The van der Waals surface area contributed by atoms with Gasteiger partial charge in [-0.2, -0.15) is 0 Å². The van der Waals surface area contributed by atoms with Gasteiger partial charge >= 0.3 is 12.0 Å². The smallest absolute Gasteiger partial charge is 0.337 e. The zero-order valence-corrected chi connectivity index (χ0v) is 15.0. The molecule has 3 rings (SSSR count). The first-order valence-electron chi connectivity index (χ1n) is 9.04. The van der Waals surface area contributed by atoms with Crippen LogP contribution < -0.4 is 4.74 Å². The van der Waals surface area contributed by atoms with Gasteiger partial charge in [0.2, 0.25) is 0 Å². The van der Waals surface area contributed by atoms with Gasteiger partial charge in [-0.15, -0.1) is 0 Å². The maximum atomic E-state index is 12.5. The average Bonchev–Trinajstić information content (AvgIpc) is 3.33. The summed E-state index contributed by atoms with van der Waals surface area (Å²) in [6, 6.07) is 5.52. The minimum absolute atomic E-state index is 0.000768. The second-order valence-corrected chi connectivity index (χ2v) is 6.62. The first-order valence-corrected chi connectivity index (χ1v) is 9.04. The van der Waals surface area contributed by atoms with Crippen LogP contribution in [-0.4, -0.2) is 61.2 Å². The molecule has 1 aromatic carbocycles. The summed E-state index contributed by atoms with van der Waals surface area (Å²) < 4.78 is 10.9. The van der Waals surface area contributed by atoms with Gasteiger partial charge in [-0.05, 0) is 43.0 Å². The zero-order valence-electron chi connectivity index (χ0n) is 15.0. The number of nitrogens with zero attached hydrogens (tertiary/aromatic N) is 2. The number of amides is 2. The number of aryl methyl sites for hydroxylation is 1. The molecule has 0 N–H and O–H groups in total. The van der Waals surface area contributed by atoms with Crippen molar-refractivity contribution in [1.82, 2.24) is 9.80 Å². The number of benzene rings is 1. The van der Waals surface area contributed by atoms with Crippen LogP contribution in [0.25, 0.3) is 0 Å². The number of hydrogen-bond donors (Lipinski definition) is 0. The summed E-state index contributed by atoms with van der Waals surface area (Å²) in [6.07, 6.45) is 3.81. The summed E-state index contributed by atoms with van der Waals surface area (Å²) in [7, 11) is 1.38. The van der Waals surface area contributed by atoms with Crippen LogP contribution in [0.4, 0.5) is 4.79 Å². The molecule has 0 aliphatic carbocycles. The summed E-state index contributed by atoms with van der Waals surface area (Å²) in [5, 5.41) is 0. The Morgan fingerprint density at radius 2 is 1.92 bits per heavy atom. The lowest BCUT2D eigenvalue weighted by molar-refractivity contribution is 0.0600. The third-order valence-corrected chi connectivity index (χ3v) is 4.95. The average molecular weight is 346 g/mol. The minimum atomic E-state index is -0.343. The van der Waals surface area contributed by atoms with Crippen molar-refractivity contribution in [3.63, 3.8) is 0 Å². The number of likely N-dealkylation sites (tertiary alicyclic amines) is 2. The van der Waals surface area contributed by atoms with Gasteiger partial charge in [0.05, 0.1) is 19.2 Å². The number of methoxy groups -OCH3 is 1. The van der Waals surface area contributed by atoms with Crippen molar-refractivity contribution in [3.05, 3.63) is 29.3 Å². The van der Waals surface area contributed by atoms with Crippen LogP contribution in [-0.2, 0) is 11.2 Å². The summed E-state index contributed by atoms with van der Waals surface area (Å²) in [6.45, 7) is 5.13. The van der Waals surface area contributed by atoms with E-state index in [9.17, 15) is 9.59 Å². The molecule has 2 fully saturated rings. The van der Waals surface area contributed by atoms with Crippen molar-refractivity contribution in [3.8, 4) is 5.75 Å². The van der Waals surface area contributed by atoms with E-state index < -0.39 is 0 Å². The van der Waals surface area contributed by atoms with Crippen LogP contribution in [0.3, 0.4) is 0 Å². The first-order chi connectivity index (χ1) is 12.1. The fourth-order valence-corrected chi connectivity index (χ4v) is 3.50. The van der Waals surface area contributed by atoms with Crippen molar-refractivity contribution in [1.29, 1.82) is 0 Å². The van der Waals surface area contributed by atoms with Gasteiger partial charge in [-0.25, -0.2) is 9.59 Å². The van der Waals surface area contributed by atoms with E-state index in [1.807, 2.05) is 28.9 Å². The van der Waals surface area contributed by atoms with Crippen LogP contribution >= 0.6 is 0 Å². The molecular weight excluding hydrogens is 320 g/mol. The molecule has 1 atom stereocenters. The monoisotopic (exact) mass is 346 g/mol. The van der Waals surface area contributed by atoms with E-state index in [0.717, 1.165) is 56.6 Å². The highest BCUT2D eigenvalue weighted by Crippen LogP contribution is 2.26. The minimum Gasteiger partial charge on any atom is -0.488 e. The Bertz CT molecular complexity index is 640. The Balaban J connectivity index is 1.63. The van der Waals surface area contributed by atoms with E-state index in [1.165, 1.54) is 7.11 Å². The van der Waals surface area contributed by atoms with Gasteiger partial charge in [0, 0.05) is 26.1 Å². The molecular formula is C19H26N2O4. The molecule has 2 amide bonds. The number of urea groups is 1. The lowest BCUT2D eigenvalue weighted by Gasteiger charge is -2.24. The molecule has 0 saturated carbocycles. The highest BCUT2D eigenvalue weighted by Gasteiger charge is 2.31. The molecule has 0 bridgehead atoms. The highest BCUT2D eigenvalue weighted by molar-refractivity contribution is 5.89. The van der Waals surface area contributed by atoms with Gasteiger partial charge in [-0.3, -0.25) is 0 Å². The van der Waals surface area contributed by atoms with Gasteiger partial charge in [-0.1, -0.05) is 6.92 Å². The SMILES string of the molecule is CCc1cc(C(=O)OC)ccc1OC1CCN(C(=O)N2CCCC2)C1. The Morgan fingerprint density at radius 1 is 1.16 bits per heavy atom. The van der Waals surface area contributed by atoms with Crippen LogP contribution in [0.5, 0.6) is 5.75 Å². The van der Waals surface area contributed by atoms with Crippen molar-refractivity contribution in [2.45, 2.75) is 38.7 Å². The largest absolute Gasteiger partial charge is 0.488 e. The Kier molecular flexibility index (Phi) is 5.46. The predicted molar refractivity (Wildman–Crippen MR) is 94.0 cm³/mol. The molecule has 1 aromatic rings. The first kappa shape index (κ1) is 17.6. The van der Waals surface area contributed by atoms with Crippen LogP contribution in [0.15, 0.2) is 18.2 Å². The van der Waals surface area contributed by atoms with Crippen molar-refractivity contribution < 1.29 is 19.1 Å². The molecule has 0 radical (unpaired) electrons. The van der Waals surface area contributed by atoms with Crippen LogP contribution in [0.2, 0.25) is 0 Å². The van der Waals surface area contributed by atoms with E-state index in [2.05, 4.69) is 0 Å². The summed E-state index contributed by atoms with van der Waals surface area (Å²) in [5.41, 5.74) is 1.51. The maximum absolute atomic E-state index is 12.5. The summed E-state index contributed by atoms with van der Waals surface area (Å²) in [4.78, 5) is 28.0. The van der Waals surface area contributed by atoms with Gasteiger partial charge in [0.25, 0.3) is 0 Å². The molecule has 2 heterocycles. The van der Waals surface area contributed by atoms with Crippen molar-refractivity contribution >= 4 is 12.0 Å². The standard InChI is InChI=1S/C19H26N2O4/c1-3-14-12-15(18(22)24-2)6-7-17(14)25-16-8-11-21(13-16)19(23)20-9-4-5-10-20/h6-7,12,16H,3-5,8-11,13H2,1-2H3. The number of hydrogen-bond acceptors (Lipinski definition) is 4. The second-order valence-electron chi connectivity index (χ2n) is 6.62. The van der Waals surface area contributed by atoms with E-state index in [-0.39, 0.29) is 18.1 Å². The molecule has 2 saturated heterocycles. The molecule has 2 aliphatic rings. The molecule has 6 heteroatoms. The molecule has 136 valence electrons. The normalized spacial score (nSPS) is 20.0.